The molecule has 0 aliphatic carbocycles. The lowest BCUT2D eigenvalue weighted by Crippen LogP contribution is -2.47. The van der Waals surface area contributed by atoms with Crippen LogP contribution in [0.15, 0.2) is 16.5 Å². The van der Waals surface area contributed by atoms with Crippen LogP contribution in [0, 0.1) is 6.92 Å². The molecule has 3 N–H and O–H groups in total. The molecule has 0 aromatic carbocycles. The Hall–Kier alpha value is -1.54. The number of aryl methyl sites for hydroxylation is 1. The molecule has 2 atom stereocenters. The number of furan rings is 1. The molecule has 0 saturated heterocycles. The van der Waals surface area contributed by atoms with Gasteiger partial charge in [0.2, 0.25) is 11.5 Å². The molecule has 20 heavy (non-hydrogen) atoms. The SMILES string of the molecule is Cc1ccc(C(O)(CC(=O)NC(C)CO)C(F)(F)F)o1. The van der Waals surface area contributed by atoms with Gasteiger partial charge in [-0.3, -0.25) is 4.79 Å². The molecule has 0 radical (unpaired) electrons. The Kier molecular flexibility index (Phi) is 4.82. The van der Waals surface area contributed by atoms with E-state index in [9.17, 15) is 23.1 Å². The Morgan fingerprint density at radius 1 is 1.45 bits per heavy atom. The molecule has 1 heterocycles. The summed E-state index contributed by atoms with van der Waals surface area (Å²) in [6.07, 6.45) is -6.31. The van der Waals surface area contributed by atoms with Crippen LogP contribution < -0.4 is 5.32 Å². The van der Waals surface area contributed by atoms with Crippen LogP contribution in [0.2, 0.25) is 0 Å². The van der Waals surface area contributed by atoms with Crippen molar-refractivity contribution in [2.45, 2.75) is 38.1 Å². The lowest BCUT2D eigenvalue weighted by atomic mass is 9.95. The molecule has 1 aromatic heterocycles. The summed E-state index contributed by atoms with van der Waals surface area (Å²) in [6.45, 7) is 2.42. The molecule has 0 saturated carbocycles. The zero-order valence-electron chi connectivity index (χ0n) is 11.0. The number of hydrogen-bond acceptors (Lipinski definition) is 4. The fourth-order valence-electron chi connectivity index (χ4n) is 1.59. The van der Waals surface area contributed by atoms with Crippen molar-refractivity contribution in [3.05, 3.63) is 23.7 Å². The zero-order chi connectivity index (χ0) is 15.6. The van der Waals surface area contributed by atoms with Gasteiger partial charge in [-0.25, -0.2) is 0 Å². The molecule has 8 heteroatoms. The second-order valence-electron chi connectivity index (χ2n) is 4.60. The van der Waals surface area contributed by atoms with Crippen molar-refractivity contribution in [2.75, 3.05) is 6.61 Å². The van der Waals surface area contributed by atoms with Crippen molar-refractivity contribution >= 4 is 5.91 Å². The van der Waals surface area contributed by atoms with Gasteiger partial charge < -0.3 is 19.9 Å². The van der Waals surface area contributed by atoms with Crippen LogP contribution in [0.1, 0.15) is 24.9 Å². The van der Waals surface area contributed by atoms with Gasteiger partial charge in [0.25, 0.3) is 0 Å². The Bertz CT molecular complexity index is 472. The number of alkyl halides is 3. The Labute approximate surface area is 113 Å². The number of carbonyl (C=O) groups excluding carboxylic acids is 1. The molecule has 0 aliphatic heterocycles. The van der Waals surface area contributed by atoms with E-state index in [0.717, 1.165) is 6.07 Å². The normalized spacial score (nSPS) is 16.6. The summed E-state index contributed by atoms with van der Waals surface area (Å²) >= 11 is 0. The van der Waals surface area contributed by atoms with Gasteiger partial charge in [-0.2, -0.15) is 13.2 Å². The number of nitrogens with one attached hydrogen (secondary N) is 1. The number of hydrogen-bond donors (Lipinski definition) is 3. The maximum atomic E-state index is 13.0. The number of aliphatic hydroxyl groups excluding tert-OH is 1. The topological polar surface area (TPSA) is 82.7 Å². The summed E-state index contributed by atoms with van der Waals surface area (Å²) in [4.78, 5) is 11.5. The Balaban J connectivity index is 2.99. The minimum Gasteiger partial charge on any atom is -0.463 e. The minimum atomic E-state index is -5.07. The first kappa shape index (κ1) is 16.5. The minimum absolute atomic E-state index is 0.187. The monoisotopic (exact) mass is 295 g/mol. The summed E-state index contributed by atoms with van der Waals surface area (Å²) in [7, 11) is 0. The van der Waals surface area contributed by atoms with Crippen molar-refractivity contribution in [3.63, 3.8) is 0 Å². The number of aliphatic hydroxyl groups is 2. The third-order valence-corrected chi connectivity index (χ3v) is 2.71. The van der Waals surface area contributed by atoms with Gasteiger partial charge in [0, 0.05) is 6.04 Å². The van der Waals surface area contributed by atoms with Crippen molar-refractivity contribution < 1.29 is 32.6 Å². The molecule has 0 bridgehead atoms. The lowest BCUT2D eigenvalue weighted by molar-refractivity contribution is -0.273. The molecule has 114 valence electrons. The first-order valence-corrected chi connectivity index (χ1v) is 5.86. The Morgan fingerprint density at radius 2 is 2.05 bits per heavy atom. The quantitative estimate of drug-likeness (QED) is 0.763. The highest BCUT2D eigenvalue weighted by Gasteiger charge is 2.58. The van der Waals surface area contributed by atoms with Crippen molar-refractivity contribution in [1.29, 1.82) is 0 Å². The van der Waals surface area contributed by atoms with Crippen molar-refractivity contribution in [1.82, 2.24) is 5.32 Å². The highest BCUT2D eigenvalue weighted by atomic mass is 19.4. The molecule has 0 fully saturated rings. The van der Waals surface area contributed by atoms with Crippen LogP contribution in [0.25, 0.3) is 0 Å². The highest BCUT2D eigenvalue weighted by molar-refractivity contribution is 5.77. The van der Waals surface area contributed by atoms with E-state index in [1.54, 1.807) is 0 Å². The number of rotatable bonds is 5. The molecule has 1 rings (SSSR count). The van der Waals surface area contributed by atoms with E-state index in [-0.39, 0.29) is 5.76 Å². The van der Waals surface area contributed by atoms with E-state index >= 15 is 0 Å². The van der Waals surface area contributed by atoms with Gasteiger partial charge in [-0.15, -0.1) is 0 Å². The first-order valence-electron chi connectivity index (χ1n) is 5.86. The summed E-state index contributed by atoms with van der Waals surface area (Å²) in [6, 6.07) is 1.53. The summed E-state index contributed by atoms with van der Waals surface area (Å²) in [5.41, 5.74) is -3.40. The van der Waals surface area contributed by atoms with Crippen LogP contribution in [-0.2, 0) is 10.4 Å². The van der Waals surface area contributed by atoms with Crippen LogP contribution in [0.5, 0.6) is 0 Å². The molecular formula is C12H16F3NO4. The average molecular weight is 295 g/mol. The summed E-state index contributed by atoms with van der Waals surface area (Å²) in [5, 5.41) is 20.7. The van der Waals surface area contributed by atoms with E-state index in [1.165, 1.54) is 19.9 Å². The third-order valence-electron chi connectivity index (χ3n) is 2.71. The standard InChI is InChI=1S/C12H16F3NO4/c1-7(6-17)16-10(18)5-11(19,12(13,14)15)9-4-3-8(2)20-9/h3-4,7,17,19H,5-6H2,1-2H3,(H,16,18). The molecule has 0 aliphatic rings. The van der Waals surface area contributed by atoms with Crippen LogP contribution in [-0.4, -0.2) is 34.9 Å². The molecular weight excluding hydrogens is 279 g/mol. The van der Waals surface area contributed by atoms with Gasteiger partial charge in [0.15, 0.2) is 0 Å². The van der Waals surface area contributed by atoms with E-state index in [4.69, 9.17) is 9.52 Å². The van der Waals surface area contributed by atoms with Crippen LogP contribution in [0.3, 0.4) is 0 Å². The molecule has 1 aromatic rings. The van der Waals surface area contributed by atoms with Crippen LogP contribution in [0.4, 0.5) is 13.2 Å². The fraction of sp³-hybridized carbons (Fsp3) is 0.583. The molecule has 2 unspecified atom stereocenters. The van der Waals surface area contributed by atoms with Gasteiger partial charge in [0.05, 0.1) is 13.0 Å². The second kappa shape index (κ2) is 5.84. The zero-order valence-corrected chi connectivity index (χ0v) is 11.0. The summed E-state index contributed by atoms with van der Waals surface area (Å²) < 4.78 is 43.9. The van der Waals surface area contributed by atoms with Gasteiger partial charge in [-0.05, 0) is 26.0 Å². The van der Waals surface area contributed by atoms with E-state index in [1.807, 2.05) is 0 Å². The van der Waals surface area contributed by atoms with Gasteiger partial charge in [-0.1, -0.05) is 0 Å². The first-order chi connectivity index (χ1) is 9.10. The predicted molar refractivity (Wildman–Crippen MR) is 62.7 cm³/mol. The fourth-order valence-corrected chi connectivity index (χ4v) is 1.59. The van der Waals surface area contributed by atoms with E-state index in [0.29, 0.717) is 0 Å². The largest absolute Gasteiger partial charge is 0.463 e. The predicted octanol–water partition coefficient (Wildman–Crippen LogP) is 1.23. The van der Waals surface area contributed by atoms with Gasteiger partial charge in [0.1, 0.15) is 11.5 Å². The summed E-state index contributed by atoms with van der Waals surface area (Å²) in [5.74, 6) is -1.60. The Morgan fingerprint density at radius 3 is 2.45 bits per heavy atom. The van der Waals surface area contributed by atoms with Gasteiger partial charge >= 0.3 is 6.18 Å². The lowest BCUT2D eigenvalue weighted by Gasteiger charge is -2.28. The van der Waals surface area contributed by atoms with E-state index in [2.05, 4.69) is 5.32 Å². The number of carbonyl (C=O) groups is 1. The number of amides is 1. The molecule has 0 spiro atoms. The smallest absolute Gasteiger partial charge is 0.425 e. The highest BCUT2D eigenvalue weighted by Crippen LogP contribution is 2.42. The van der Waals surface area contributed by atoms with Crippen molar-refractivity contribution in [3.8, 4) is 0 Å². The molecule has 1 amide bonds. The van der Waals surface area contributed by atoms with E-state index < -0.39 is 42.5 Å². The maximum Gasteiger partial charge on any atom is 0.425 e. The molecule has 5 nitrogen and oxygen atoms in total. The van der Waals surface area contributed by atoms with Crippen LogP contribution >= 0.6 is 0 Å². The second-order valence-corrected chi connectivity index (χ2v) is 4.60. The van der Waals surface area contributed by atoms with Crippen molar-refractivity contribution in [2.24, 2.45) is 0 Å². The average Bonchev–Trinajstić information content (AvgIpc) is 2.74. The maximum absolute atomic E-state index is 13.0. The third kappa shape index (κ3) is 3.51. The number of halogens is 3.